The Morgan fingerprint density at radius 3 is 2.60 bits per heavy atom. The van der Waals surface area contributed by atoms with Crippen molar-refractivity contribution >= 4 is 22.9 Å². The van der Waals surface area contributed by atoms with Gasteiger partial charge in [0.1, 0.15) is 0 Å². The van der Waals surface area contributed by atoms with Crippen LogP contribution in [0.2, 0.25) is 5.02 Å². The molecular formula is C17H22ClNS. The average molecular weight is 308 g/mol. The molecule has 1 nitrogen and oxygen atoms in total. The van der Waals surface area contributed by atoms with Gasteiger partial charge in [-0.3, -0.25) is 0 Å². The molecule has 0 spiro atoms. The van der Waals surface area contributed by atoms with Gasteiger partial charge in [0.15, 0.2) is 0 Å². The molecule has 1 aromatic heterocycles. The van der Waals surface area contributed by atoms with E-state index in [0.29, 0.717) is 5.92 Å². The highest BCUT2D eigenvalue weighted by Gasteiger charge is 2.13. The van der Waals surface area contributed by atoms with Gasteiger partial charge in [-0.15, -0.1) is 11.3 Å². The largest absolute Gasteiger partial charge is 0.316 e. The number of benzene rings is 1. The number of likely N-dealkylation sites (N-methyl/N-ethyl adjacent to an activating group) is 1. The SMILES string of the molecule is CCNCC(Cc1ccc(CC)s1)c1cccc(Cl)c1. The van der Waals surface area contributed by atoms with E-state index < -0.39 is 0 Å². The normalized spacial score (nSPS) is 12.6. The summed E-state index contributed by atoms with van der Waals surface area (Å²) in [5, 5.41) is 4.29. The first-order valence-corrected chi connectivity index (χ1v) is 8.46. The molecule has 20 heavy (non-hydrogen) atoms. The van der Waals surface area contributed by atoms with E-state index in [9.17, 15) is 0 Å². The lowest BCUT2D eigenvalue weighted by Gasteiger charge is -2.17. The Morgan fingerprint density at radius 2 is 1.95 bits per heavy atom. The Morgan fingerprint density at radius 1 is 1.15 bits per heavy atom. The first-order chi connectivity index (χ1) is 9.72. The minimum Gasteiger partial charge on any atom is -0.316 e. The van der Waals surface area contributed by atoms with Crippen molar-refractivity contribution in [3.05, 3.63) is 56.7 Å². The summed E-state index contributed by atoms with van der Waals surface area (Å²) in [6, 6.07) is 12.8. The molecule has 2 rings (SSSR count). The van der Waals surface area contributed by atoms with Crippen LogP contribution in [0.4, 0.5) is 0 Å². The molecular weight excluding hydrogens is 286 g/mol. The van der Waals surface area contributed by atoms with Gasteiger partial charge in [0.25, 0.3) is 0 Å². The second-order valence-corrected chi connectivity index (χ2v) is 6.67. The molecule has 1 aromatic carbocycles. The van der Waals surface area contributed by atoms with Crippen LogP contribution in [-0.2, 0) is 12.8 Å². The van der Waals surface area contributed by atoms with E-state index in [1.54, 1.807) is 0 Å². The minimum atomic E-state index is 0.483. The van der Waals surface area contributed by atoms with Crippen LogP contribution >= 0.6 is 22.9 Å². The Balaban J connectivity index is 2.14. The van der Waals surface area contributed by atoms with Crippen LogP contribution in [0.1, 0.15) is 35.1 Å². The van der Waals surface area contributed by atoms with Gasteiger partial charge in [0.2, 0.25) is 0 Å². The van der Waals surface area contributed by atoms with Crippen molar-refractivity contribution in [2.24, 2.45) is 0 Å². The molecule has 0 amide bonds. The number of hydrogen-bond donors (Lipinski definition) is 1. The summed E-state index contributed by atoms with van der Waals surface area (Å²) >= 11 is 8.07. The maximum atomic E-state index is 6.13. The van der Waals surface area contributed by atoms with E-state index >= 15 is 0 Å². The molecule has 1 unspecified atom stereocenters. The molecule has 108 valence electrons. The summed E-state index contributed by atoms with van der Waals surface area (Å²) in [6.07, 6.45) is 2.21. The molecule has 0 aliphatic heterocycles. The van der Waals surface area contributed by atoms with Crippen molar-refractivity contribution in [3.63, 3.8) is 0 Å². The van der Waals surface area contributed by atoms with Gasteiger partial charge < -0.3 is 5.32 Å². The van der Waals surface area contributed by atoms with Gasteiger partial charge in [-0.1, -0.05) is 37.6 Å². The highest BCUT2D eigenvalue weighted by atomic mass is 35.5. The Labute approximate surface area is 131 Å². The fourth-order valence-electron chi connectivity index (χ4n) is 2.35. The molecule has 3 heteroatoms. The fraction of sp³-hybridized carbons (Fsp3) is 0.412. The van der Waals surface area contributed by atoms with Crippen LogP contribution in [0.15, 0.2) is 36.4 Å². The zero-order valence-electron chi connectivity index (χ0n) is 12.2. The van der Waals surface area contributed by atoms with E-state index in [1.807, 2.05) is 23.5 Å². The lowest BCUT2D eigenvalue weighted by molar-refractivity contribution is 0.598. The van der Waals surface area contributed by atoms with Crippen LogP contribution in [-0.4, -0.2) is 13.1 Å². The smallest absolute Gasteiger partial charge is 0.0408 e. The summed E-state index contributed by atoms with van der Waals surface area (Å²) in [4.78, 5) is 2.93. The van der Waals surface area contributed by atoms with Crippen LogP contribution in [0.25, 0.3) is 0 Å². The second-order valence-electron chi connectivity index (χ2n) is 4.99. The Kier molecular flexibility index (Phi) is 6.08. The molecule has 0 saturated heterocycles. The Hall–Kier alpha value is -0.830. The first kappa shape index (κ1) is 15.6. The zero-order chi connectivity index (χ0) is 14.4. The van der Waals surface area contributed by atoms with Gasteiger partial charge in [-0.05, 0) is 49.2 Å². The maximum Gasteiger partial charge on any atom is 0.0408 e. The average Bonchev–Trinajstić information content (AvgIpc) is 2.91. The number of thiophene rings is 1. The van der Waals surface area contributed by atoms with E-state index in [-0.39, 0.29) is 0 Å². The van der Waals surface area contributed by atoms with Crippen LogP contribution < -0.4 is 5.32 Å². The molecule has 0 aliphatic carbocycles. The monoisotopic (exact) mass is 307 g/mol. The van der Waals surface area contributed by atoms with Crippen LogP contribution in [0.5, 0.6) is 0 Å². The number of rotatable bonds is 7. The van der Waals surface area contributed by atoms with Crippen molar-refractivity contribution in [1.29, 1.82) is 0 Å². The predicted octanol–water partition coefficient (Wildman–Crippen LogP) is 4.90. The standard InChI is InChI=1S/C17H22ClNS/c1-3-16-8-9-17(20-16)11-14(12-19-4-2)13-6-5-7-15(18)10-13/h5-10,14,19H,3-4,11-12H2,1-2H3. The van der Waals surface area contributed by atoms with Crippen molar-refractivity contribution in [2.75, 3.05) is 13.1 Å². The van der Waals surface area contributed by atoms with Gasteiger partial charge in [0.05, 0.1) is 0 Å². The summed E-state index contributed by atoms with van der Waals surface area (Å²) in [5.74, 6) is 0.483. The molecule has 1 N–H and O–H groups in total. The van der Waals surface area contributed by atoms with Gasteiger partial charge >= 0.3 is 0 Å². The second kappa shape index (κ2) is 7.82. The molecule has 1 heterocycles. The zero-order valence-corrected chi connectivity index (χ0v) is 13.7. The van der Waals surface area contributed by atoms with Gasteiger partial charge in [-0.25, -0.2) is 0 Å². The highest BCUT2D eigenvalue weighted by molar-refractivity contribution is 7.11. The van der Waals surface area contributed by atoms with Crippen molar-refractivity contribution < 1.29 is 0 Å². The van der Waals surface area contributed by atoms with E-state index in [0.717, 1.165) is 31.0 Å². The highest BCUT2D eigenvalue weighted by Crippen LogP contribution is 2.27. The Bertz CT molecular complexity index is 535. The summed E-state index contributed by atoms with van der Waals surface area (Å²) in [6.45, 7) is 6.36. The summed E-state index contributed by atoms with van der Waals surface area (Å²) < 4.78 is 0. The molecule has 0 radical (unpaired) electrons. The molecule has 0 fully saturated rings. The number of nitrogens with one attached hydrogen (secondary N) is 1. The first-order valence-electron chi connectivity index (χ1n) is 7.26. The lowest BCUT2D eigenvalue weighted by Crippen LogP contribution is -2.22. The number of aryl methyl sites for hydroxylation is 1. The lowest BCUT2D eigenvalue weighted by atomic mass is 9.95. The number of halogens is 1. The van der Waals surface area contributed by atoms with Crippen molar-refractivity contribution in [1.82, 2.24) is 5.32 Å². The van der Waals surface area contributed by atoms with E-state index in [1.165, 1.54) is 15.3 Å². The third-order valence-electron chi connectivity index (χ3n) is 3.47. The third kappa shape index (κ3) is 4.34. The van der Waals surface area contributed by atoms with Crippen molar-refractivity contribution in [3.8, 4) is 0 Å². The van der Waals surface area contributed by atoms with Gasteiger partial charge in [-0.2, -0.15) is 0 Å². The molecule has 0 aliphatic rings. The van der Waals surface area contributed by atoms with Crippen molar-refractivity contribution in [2.45, 2.75) is 32.6 Å². The molecule has 2 aromatic rings. The molecule has 0 saturated carbocycles. The maximum absolute atomic E-state index is 6.13. The third-order valence-corrected chi connectivity index (χ3v) is 4.96. The van der Waals surface area contributed by atoms with Gasteiger partial charge in [0, 0.05) is 27.2 Å². The van der Waals surface area contributed by atoms with Crippen LogP contribution in [0, 0.1) is 0 Å². The topological polar surface area (TPSA) is 12.0 Å². The van der Waals surface area contributed by atoms with E-state index in [2.05, 4.69) is 43.4 Å². The summed E-state index contributed by atoms with van der Waals surface area (Å²) in [5.41, 5.74) is 1.32. The minimum absolute atomic E-state index is 0.483. The molecule has 0 bridgehead atoms. The fourth-order valence-corrected chi connectivity index (χ4v) is 3.59. The van der Waals surface area contributed by atoms with E-state index in [4.69, 9.17) is 11.6 Å². The quantitative estimate of drug-likeness (QED) is 0.767. The number of hydrogen-bond acceptors (Lipinski definition) is 2. The molecule has 1 atom stereocenters. The summed E-state index contributed by atoms with van der Waals surface area (Å²) in [7, 11) is 0. The van der Waals surface area contributed by atoms with Crippen LogP contribution in [0.3, 0.4) is 0 Å². The predicted molar refractivity (Wildman–Crippen MR) is 90.1 cm³/mol.